The fraction of sp³-hybridized carbons (Fsp3) is 0.308. The summed E-state index contributed by atoms with van der Waals surface area (Å²) < 4.78 is 26.7. The average molecular weight is 347 g/mol. The molecule has 102 valence electrons. The van der Waals surface area contributed by atoms with Gasteiger partial charge in [0.25, 0.3) is 0 Å². The summed E-state index contributed by atoms with van der Waals surface area (Å²) in [6.07, 6.45) is 0. The van der Waals surface area contributed by atoms with Crippen molar-refractivity contribution in [3.63, 3.8) is 0 Å². The first-order chi connectivity index (χ1) is 9.04. The highest BCUT2D eigenvalue weighted by atomic mass is 79.9. The van der Waals surface area contributed by atoms with Gasteiger partial charge in [-0.05, 0) is 41.5 Å². The topological polar surface area (TPSA) is 24.9 Å². The van der Waals surface area contributed by atoms with Crippen LogP contribution < -0.4 is 5.32 Å². The minimum atomic E-state index is -0.881. The summed E-state index contributed by atoms with van der Waals surface area (Å²) in [5, 5.41) is 5.86. The maximum absolute atomic E-state index is 13.5. The standard InChI is InChI=1S/C13H13BrF2N2S/c1-3-17-7(2)10-6-19-13(18-10)8-4-5-9(15)12(16)11(8)14/h4-7,17H,3H2,1-2H3. The lowest BCUT2D eigenvalue weighted by atomic mass is 10.2. The molecule has 1 aromatic carbocycles. The van der Waals surface area contributed by atoms with E-state index in [1.54, 1.807) is 0 Å². The summed E-state index contributed by atoms with van der Waals surface area (Å²) in [6.45, 7) is 4.89. The molecule has 0 spiro atoms. The zero-order valence-electron chi connectivity index (χ0n) is 10.5. The summed E-state index contributed by atoms with van der Waals surface area (Å²) in [6, 6.07) is 2.78. The summed E-state index contributed by atoms with van der Waals surface area (Å²) in [7, 11) is 0. The Kier molecular flexibility index (Phi) is 4.65. The monoisotopic (exact) mass is 346 g/mol. The molecule has 0 saturated heterocycles. The number of nitrogens with one attached hydrogen (secondary N) is 1. The maximum atomic E-state index is 13.5. The Balaban J connectivity index is 2.36. The van der Waals surface area contributed by atoms with Gasteiger partial charge in [-0.1, -0.05) is 6.92 Å². The van der Waals surface area contributed by atoms with Gasteiger partial charge in [-0.3, -0.25) is 0 Å². The van der Waals surface area contributed by atoms with Crippen molar-refractivity contribution >= 4 is 27.3 Å². The second-order valence-electron chi connectivity index (χ2n) is 4.08. The number of rotatable bonds is 4. The van der Waals surface area contributed by atoms with Crippen LogP contribution in [-0.4, -0.2) is 11.5 Å². The van der Waals surface area contributed by atoms with Crippen molar-refractivity contribution in [1.29, 1.82) is 0 Å². The quantitative estimate of drug-likeness (QED) is 0.823. The summed E-state index contributed by atoms with van der Waals surface area (Å²) >= 11 is 4.50. The van der Waals surface area contributed by atoms with E-state index in [9.17, 15) is 8.78 Å². The molecule has 2 nitrogen and oxygen atoms in total. The molecule has 0 saturated carbocycles. The maximum Gasteiger partial charge on any atom is 0.173 e. The first-order valence-electron chi connectivity index (χ1n) is 5.87. The molecule has 6 heteroatoms. The summed E-state index contributed by atoms with van der Waals surface area (Å²) in [5.74, 6) is -1.75. The van der Waals surface area contributed by atoms with Crippen LogP contribution in [0.1, 0.15) is 25.6 Å². The van der Waals surface area contributed by atoms with Gasteiger partial charge in [0, 0.05) is 17.0 Å². The van der Waals surface area contributed by atoms with Crippen molar-refractivity contribution < 1.29 is 8.78 Å². The molecular weight excluding hydrogens is 334 g/mol. The predicted octanol–water partition coefficient (Wildman–Crippen LogP) is 4.52. The predicted molar refractivity (Wildman–Crippen MR) is 77.3 cm³/mol. The first-order valence-corrected chi connectivity index (χ1v) is 7.54. The minimum absolute atomic E-state index is 0.115. The second-order valence-corrected chi connectivity index (χ2v) is 5.73. The van der Waals surface area contributed by atoms with Gasteiger partial charge < -0.3 is 5.32 Å². The fourth-order valence-electron chi connectivity index (χ4n) is 1.71. The molecular formula is C13H13BrF2N2S. The molecule has 19 heavy (non-hydrogen) atoms. The van der Waals surface area contributed by atoms with Crippen molar-refractivity contribution in [2.75, 3.05) is 6.54 Å². The lowest BCUT2D eigenvalue weighted by Crippen LogP contribution is -2.17. The number of hydrogen-bond donors (Lipinski definition) is 1. The normalized spacial score (nSPS) is 12.7. The van der Waals surface area contributed by atoms with E-state index in [1.807, 2.05) is 19.2 Å². The van der Waals surface area contributed by atoms with Crippen molar-refractivity contribution in [2.24, 2.45) is 0 Å². The highest BCUT2D eigenvalue weighted by Gasteiger charge is 2.16. The molecule has 0 radical (unpaired) electrons. The Morgan fingerprint density at radius 1 is 1.42 bits per heavy atom. The van der Waals surface area contributed by atoms with Gasteiger partial charge in [0.1, 0.15) is 5.01 Å². The van der Waals surface area contributed by atoms with Crippen LogP contribution in [0.5, 0.6) is 0 Å². The SMILES string of the molecule is CCNC(C)c1csc(-c2ccc(F)c(F)c2Br)n1. The molecule has 2 rings (SSSR count). The van der Waals surface area contributed by atoms with E-state index in [0.29, 0.717) is 10.6 Å². The van der Waals surface area contributed by atoms with Crippen LogP contribution in [0.25, 0.3) is 10.6 Å². The summed E-state index contributed by atoms with van der Waals surface area (Å²) in [5.41, 5.74) is 1.47. The van der Waals surface area contributed by atoms with Crippen molar-refractivity contribution in [1.82, 2.24) is 10.3 Å². The Labute approximate surface area is 123 Å². The highest BCUT2D eigenvalue weighted by molar-refractivity contribution is 9.10. The lowest BCUT2D eigenvalue weighted by Gasteiger charge is -2.08. The van der Waals surface area contributed by atoms with Gasteiger partial charge in [-0.15, -0.1) is 11.3 Å². The molecule has 1 unspecified atom stereocenters. The van der Waals surface area contributed by atoms with Gasteiger partial charge >= 0.3 is 0 Å². The van der Waals surface area contributed by atoms with Crippen LogP contribution in [0.15, 0.2) is 22.0 Å². The number of benzene rings is 1. The number of hydrogen-bond acceptors (Lipinski definition) is 3. The third-order valence-electron chi connectivity index (χ3n) is 2.74. The van der Waals surface area contributed by atoms with Gasteiger partial charge in [0.2, 0.25) is 0 Å². The third-order valence-corrected chi connectivity index (χ3v) is 4.41. The number of thiazole rings is 1. The van der Waals surface area contributed by atoms with E-state index in [2.05, 4.69) is 26.2 Å². The van der Waals surface area contributed by atoms with Crippen LogP contribution in [0.2, 0.25) is 0 Å². The van der Waals surface area contributed by atoms with Crippen molar-refractivity contribution in [2.45, 2.75) is 19.9 Å². The molecule has 2 aromatic rings. The van der Waals surface area contributed by atoms with Crippen LogP contribution >= 0.6 is 27.3 Å². The Hall–Kier alpha value is -0.850. The molecule has 1 aromatic heterocycles. The van der Waals surface area contributed by atoms with E-state index in [-0.39, 0.29) is 10.5 Å². The highest BCUT2D eigenvalue weighted by Crippen LogP contribution is 2.34. The second kappa shape index (κ2) is 6.07. The molecule has 0 amide bonds. The number of nitrogens with zero attached hydrogens (tertiary/aromatic N) is 1. The Morgan fingerprint density at radius 2 is 2.16 bits per heavy atom. The van der Waals surface area contributed by atoms with Gasteiger partial charge in [0.15, 0.2) is 11.6 Å². The van der Waals surface area contributed by atoms with E-state index >= 15 is 0 Å². The Bertz CT molecular complexity index is 586. The zero-order valence-corrected chi connectivity index (χ0v) is 12.9. The van der Waals surface area contributed by atoms with Crippen LogP contribution in [-0.2, 0) is 0 Å². The van der Waals surface area contributed by atoms with Crippen molar-refractivity contribution in [3.8, 4) is 10.6 Å². The lowest BCUT2D eigenvalue weighted by molar-refractivity contribution is 0.504. The van der Waals surface area contributed by atoms with Gasteiger partial charge in [0.05, 0.1) is 10.2 Å². The molecule has 0 aliphatic heterocycles. The molecule has 1 atom stereocenters. The van der Waals surface area contributed by atoms with E-state index in [1.165, 1.54) is 17.4 Å². The van der Waals surface area contributed by atoms with E-state index < -0.39 is 11.6 Å². The van der Waals surface area contributed by atoms with E-state index in [0.717, 1.165) is 18.3 Å². The van der Waals surface area contributed by atoms with E-state index in [4.69, 9.17) is 0 Å². The third kappa shape index (κ3) is 3.01. The van der Waals surface area contributed by atoms with Crippen LogP contribution in [0.4, 0.5) is 8.78 Å². The van der Waals surface area contributed by atoms with Crippen molar-refractivity contribution in [3.05, 3.63) is 39.3 Å². The number of halogens is 3. The molecule has 1 heterocycles. The molecule has 0 aliphatic carbocycles. The average Bonchev–Trinajstić information content (AvgIpc) is 2.86. The Morgan fingerprint density at radius 3 is 2.84 bits per heavy atom. The molecule has 0 fully saturated rings. The van der Waals surface area contributed by atoms with Crippen LogP contribution in [0.3, 0.4) is 0 Å². The molecule has 1 N–H and O–H groups in total. The summed E-state index contributed by atoms with van der Waals surface area (Å²) in [4.78, 5) is 4.47. The molecule has 0 aliphatic rings. The minimum Gasteiger partial charge on any atom is -0.309 e. The van der Waals surface area contributed by atoms with Gasteiger partial charge in [-0.25, -0.2) is 13.8 Å². The smallest absolute Gasteiger partial charge is 0.173 e. The largest absolute Gasteiger partial charge is 0.309 e. The fourth-order valence-corrected chi connectivity index (χ4v) is 3.30. The van der Waals surface area contributed by atoms with Gasteiger partial charge in [-0.2, -0.15) is 0 Å². The first kappa shape index (κ1) is 14.6. The van der Waals surface area contributed by atoms with Crippen LogP contribution in [0, 0.1) is 11.6 Å². The molecule has 0 bridgehead atoms. The zero-order chi connectivity index (χ0) is 14.0. The number of aromatic nitrogens is 1.